The summed E-state index contributed by atoms with van der Waals surface area (Å²) in [7, 11) is 0. The normalized spacial score (nSPS) is 11.4. The SMILES string of the molecule is O=C(N/N=C\c1ccncc1)C(=O)Nc1ccc(Cl)c(C(F)(F)F)c1. The van der Waals surface area contributed by atoms with Crippen LogP contribution in [0, 0.1) is 0 Å². The van der Waals surface area contributed by atoms with E-state index in [1.54, 1.807) is 12.1 Å². The Balaban J connectivity index is 1.99. The molecule has 0 aliphatic carbocycles. The lowest BCUT2D eigenvalue weighted by molar-refractivity contribution is -0.137. The number of rotatable bonds is 3. The summed E-state index contributed by atoms with van der Waals surface area (Å²) in [6.45, 7) is 0. The number of carbonyl (C=O) groups is 2. The molecule has 2 aromatic rings. The van der Waals surface area contributed by atoms with Gasteiger partial charge in [-0.3, -0.25) is 14.6 Å². The monoisotopic (exact) mass is 370 g/mol. The van der Waals surface area contributed by atoms with Gasteiger partial charge in [0.2, 0.25) is 0 Å². The number of pyridine rings is 1. The summed E-state index contributed by atoms with van der Waals surface area (Å²) in [6.07, 6.45) is -0.394. The van der Waals surface area contributed by atoms with Gasteiger partial charge in [-0.05, 0) is 35.9 Å². The molecule has 25 heavy (non-hydrogen) atoms. The molecule has 2 N–H and O–H groups in total. The first-order valence-electron chi connectivity index (χ1n) is 6.68. The van der Waals surface area contributed by atoms with Gasteiger partial charge < -0.3 is 5.32 Å². The molecule has 0 unspecified atom stereocenters. The first kappa shape index (κ1) is 18.4. The Hall–Kier alpha value is -2.94. The van der Waals surface area contributed by atoms with Crippen LogP contribution in [0.15, 0.2) is 47.8 Å². The molecule has 0 atom stereocenters. The number of hydrazone groups is 1. The van der Waals surface area contributed by atoms with E-state index in [4.69, 9.17) is 11.6 Å². The van der Waals surface area contributed by atoms with Gasteiger partial charge in [0, 0.05) is 18.1 Å². The van der Waals surface area contributed by atoms with Crippen LogP contribution in [0.2, 0.25) is 5.02 Å². The fourth-order valence-corrected chi connectivity index (χ4v) is 1.90. The molecule has 0 radical (unpaired) electrons. The van der Waals surface area contributed by atoms with Crippen molar-refractivity contribution < 1.29 is 22.8 Å². The number of alkyl halides is 3. The van der Waals surface area contributed by atoms with Crippen LogP contribution in [0.1, 0.15) is 11.1 Å². The summed E-state index contributed by atoms with van der Waals surface area (Å²) in [4.78, 5) is 27.1. The zero-order chi connectivity index (χ0) is 18.4. The Morgan fingerprint density at radius 1 is 1.12 bits per heavy atom. The number of nitrogens with zero attached hydrogens (tertiary/aromatic N) is 2. The van der Waals surface area contributed by atoms with Crippen molar-refractivity contribution in [2.24, 2.45) is 5.10 Å². The number of carbonyl (C=O) groups excluding carboxylic acids is 2. The van der Waals surface area contributed by atoms with Gasteiger partial charge in [-0.15, -0.1) is 0 Å². The molecule has 1 heterocycles. The summed E-state index contributed by atoms with van der Waals surface area (Å²) < 4.78 is 38.3. The minimum Gasteiger partial charge on any atom is -0.318 e. The molecule has 0 aliphatic rings. The standard InChI is InChI=1S/C15H10ClF3N4O2/c16-12-2-1-10(7-11(12)15(17,18)19)22-13(24)14(25)23-21-8-9-3-5-20-6-4-9/h1-8H,(H,22,24)(H,23,25)/b21-8-. The fourth-order valence-electron chi connectivity index (χ4n) is 1.67. The van der Waals surface area contributed by atoms with Crippen LogP contribution in [-0.4, -0.2) is 23.0 Å². The van der Waals surface area contributed by atoms with E-state index in [2.05, 4.69) is 10.1 Å². The summed E-state index contributed by atoms with van der Waals surface area (Å²) in [5.41, 5.74) is 1.24. The summed E-state index contributed by atoms with van der Waals surface area (Å²) in [5.74, 6) is -2.32. The van der Waals surface area contributed by atoms with Crippen molar-refractivity contribution in [1.29, 1.82) is 0 Å². The van der Waals surface area contributed by atoms with E-state index in [0.717, 1.165) is 12.1 Å². The Kier molecular flexibility index (Phi) is 5.71. The van der Waals surface area contributed by atoms with Gasteiger partial charge in [0.15, 0.2) is 0 Å². The van der Waals surface area contributed by atoms with Gasteiger partial charge in [-0.25, -0.2) is 5.43 Å². The van der Waals surface area contributed by atoms with E-state index in [-0.39, 0.29) is 5.69 Å². The quantitative estimate of drug-likeness (QED) is 0.495. The lowest BCUT2D eigenvalue weighted by Crippen LogP contribution is -2.32. The van der Waals surface area contributed by atoms with Crippen LogP contribution in [0.5, 0.6) is 0 Å². The number of hydrogen-bond donors (Lipinski definition) is 2. The highest BCUT2D eigenvalue weighted by molar-refractivity contribution is 6.39. The van der Waals surface area contributed by atoms with Crippen molar-refractivity contribution in [2.45, 2.75) is 6.18 Å². The lowest BCUT2D eigenvalue weighted by atomic mass is 10.2. The van der Waals surface area contributed by atoms with Gasteiger partial charge >= 0.3 is 18.0 Å². The van der Waals surface area contributed by atoms with Crippen LogP contribution >= 0.6 is 11.6 Å². The minimum atomic E-state index is -4.69. The van der Waals surface area contributed by atoms with Gasteiger partial charge in [0.1, 0.15) is 0 Å². The van der Waals surface area contributed by atoms with Crippen LogP contribution in [0.3, 0.4) is 0 Å². The molecule has 1 aromatic carbocycles. The van der Waals surface area contributed by atoms with Gasteiger partial charge in [-0.2, -0.15) is 18.3 Å². The minimum absolute atomic E-state index is 0.227. The molecule has 130 valence electrons. The lowest BCUT2D eigenvalue weighted by Gasteiger charge is -2.11. The van der Waals surface area contributed by atoms with Crippen molar-refractivity contribution in [2.75, 3.05) is 5.32 Å². The number of benzene rings is 1. The van der Waals surface area contributed by atoms with E-state index < -0.39 is 28.6 Å². The van der Waals surface area contributed by atoms with Crippen molar-refractivity contribution in [3.05, 3.63) is 58.9 Å². The molecule has 10 heteroatoms. The van der Waals surface area contributed by atoms with Crippen molar-refractivity contribution in [3.63, 3.8) is 0 Å². The first-order valence-corrected chi connectivity index (χ1v) is 7.06. The Morgan fingerprint density at radius 3 is 2.44 bits per heavy atom. The first-order chi connectivity index (χ1) is 11.8. The largest absolute Gasteiger partial charge is 0.417 e. The summed E-state index contributed by atoms with van der Waals surface area (Å²) >= 11 is 5.47. The molecule has 2 amide bonds. The molecule has 0 aliphatic heterocycles. The molecule has 0 fully saturated rings. The highest BCUT2D eigenvalue weighted by Crippen LogP contribution is 2.36. The van der Waals surface area contributed by atoms with Crippen LogP contribution in [0.25, 0.3) is 0 Å². The highest BCUT2D eigenvalue weighted by Gasteiger charge is 2.33. The molecular weight excluding hydrogens is 361 g/mol. The third-order valence-corrected chi connectivity index (χ3v) is 3.15. The number of hydrogen-bond acceptors (Lipinski definition) is 4. The third kappa shape index (κ3) is 5.28. The van der Waals surface area contributed by atoms with E-state index in [0.29, 0.717) is 11.6 Å². The third-order valence-electron chi connectivity index (χ3n) is 2.82. The van der Waals surface area contributed by atoms with E-state index in [1.165, 1.54) is 18.6 Å². The Bertz CT molecular complexity index is 810. The predicted molar refractivity (Wildman–Crippen MR) is 85.1 cm³/mol. The Morgan fingerprint density at radius 2 is 1.80 bits per heavy atom. The predicted octanol–water partition coefficient (Wildman–Crippen LogP) is 2.84. The molecule has 0 saturated carbocycles. The second kappa shape index (κ2) is 7.75. The number of aromatic nitrogens is 1. The fraction of sp³-hybridized carbons (Fsp3) is 0.0667. The van der Waals surface area contributed by atoms with Gasteiger partial charge in [-0.1, -0.05) is 11.6 Å². The highest BCUT2D eigenvalue weighted by atomic mass is 35.5. The second-order valence-corrected chi connectivity index (χ2v) is 5.03. The maximum absolute atomic E-state index is 12.8. The summed E-state index contributed by atoms with van der Waals surface area (Å²) in [5, 5.41) is 5.08. The average molecular weight is 371 g/mol. The molecule has 1 aromatic heterocycles. The number of halogens is 4. The van der Waals surface area contributed by atoms with Crippen molar-refractivity contribution in [1.82, 2.24) is 10.4 Å². The number of nitrogens with one attached hydrogen (secondary N) is 2. The zero-order valence-electron chi connectivity index (χ0n) is 12.3. The Labute approximate surface area is 144 Å². The zero-order valence-corrected chi connectivity index (χ0v) is 13.1. The smallest absolute Gasteiger partial charge is 0.318 e. The van der Waals surface area contributed by atoms with E-state index in [1.807, 2.05) is 10.7 Å². The molecular formula is C15H10ClF3N4O2. The average Bonchev–Trinajstić information content (AvgIpc) is 2.56. The molecule has 0 spiro atoms. The van der Waals surface area contributed by atoms with Gasteiger partial charge in [0.25, 0.3) is 0 Å². The van der Waals surface area contributed by atoms with Crippen molar-refractivity contribution >= 4 is 35.3 Å². The molecule has 0 saturated heterocycles. The maximum Gasteiger partial charge on any atom is 0.417 e. The second-order valence-electron chi connectivity index (χ2n) is 4.63. The van der Waals surface area contributed by atoms with Crippen molar-refractivity contribution in [3.8, 4) is 0 Å². The van der Waals surface area contributed by atoms with E-state index in [9.17, 15) is 22.8 Å². The van der Waals surface area contributed by atoms with Gasteiger partial charge in [0.05, 0.1) is 16.8 Å². The number of anilines is 1. The molecule has 6 nitrogen and oxygen atoms in total. The van der Waals surface area contributed by atoms with Crippen LogP contribution in [-0.2, 0) is 15.8 Å². The van der Waals surface area contributed by atoms with E-state index >= 15 is 0 Å². The van der Waals surface area contributed by atoms with Crippen LogP contribution in [0.4, 0.5) is 18.9 Å². The molecule has 0 bridgehead atoms. The maximum atomic E-state index is 12.8. The number of amides is 2. The summed E-state index contributed by atoms with van der Waals surface area (Å²) in [6, 6.07) is 5.97. The molecule has 2 rings (SSSR count). The van der Waals surface area contributed by atoms with Crippen LogP contribution < -0.4 is 10.7 Å². The topological polar surface area (TPSA) is 83.5 Å².